The molecule has 2 aliphatic carbocycles. The van der Waals surface area contributed by atoms with Crippen molar-refractivity contribution >= 4 is 16.8 Å². The van der Waals surface area contributed by atoms with Crippen molar-refractivity contribution in [3.8, 4) is 50.8 Å². The molecule has 4 heteroatoms. The fraction of sp³-hybridized carbons (Fsp3) is 0.114. The maximum Gasteiger partial charge on any atom is 0.160 e. The number of benzene rings is 5. The monoisotopic (exact) mass is 616 g/mol. The van der Waals surface area contributed by atoms with Crippen molar-refractivity contribution in [1.29, 1.82) is 0 Å². The first-order valence-corrected chi connectivity index (χ1v) is 16.9. The van der Waals surface area contributed by atoms with Gasteiger partial charge in [-0.05, 0) is 88.5 Å². The smallest absolute Gasteiger partial charge is 0.160 e. The molecule has 3 aliphatic rings. The minimum atomic E-state index is 0.629. The molecule has 48 heavy (non-hydrogen) atoms. The molecule has 2 aromatic heterocycles. The van der Waals surface area contributed by atoms with Gasteiger partial charge < -0.3 is 0 Å². The summed E-state index contributed by atoms with van der Waals surface area (Å²) >= 11 is 0. The number of rotatable bonds is 4. The lowest BCUT2D eigenvalue weighted by atomic mass is 9.96. The Kier molecular flexibility index (Phi) is 6.16. The first-order chi connectivity index (χ1) is 23.7. The number of allylic oxidation sites excluding steroid dienone is 3. The fourth-order valence-corrected chi connectivity index (χ4v) is 7.52. The molecule has 0 spiro atoms. The number of nitrogens with zero attached hydrogens (tertiary/aromatic N) is 4. The second kappa shape index (κ2) is 10.9. The van der Waals surface area contributed by atoms with Crippen LogP contribution in [-0.2, 0) is 12.8 Å². The van der Waals surface area contributed by atoms with E-state index in [1.165, 1.54) is 39.6 Å². The van der Waals surface area contributed by atoms with Gasteiger partial charge in [0.2, 0.25) is 0 Å². The topological polar surface area (TPSA) is 43.6 Å². The van der Waals surface area contributed by atoms with Gasteiger partial charge in [-0.3, -0.25) is 0 Å². The van der Waals surface area contributed by atoms with Gasteiger partial charge in [0.1, 0.15) is 0 Å². The lowest BCUT2D eigenvalue weighted by Gasteiger charge is -2.13. The summed E-state index contributed by atoms with van der Waals surface area (Å²) < 4.78 is 2.09. The summed E-state index contributed by atoms with van der Waals surface area (Å²) in [5, 5.41) is 7.50. The summed E-state index contributed by atoms with van der Waals surface area (Å²) in [5.41, 5.74) is 13.5. The predicted molar refractivity (Wildman–Crippen MR) is 195 cm³/mol. The van der Waals surface area contributed by atoms with E-state index in [2.05, 4.69) is 150 Å². The maximum absolute atomic E-state index is 5.22. The van der Waals surface area contributed by atoms with E-state index in [-0.39, 0.29) is 0 Å². The molecule has 1 fully saturated rings. The highest BCUT2D eigenvalue weighted by Crippen LogP contribution is 2.51. The van der Waals surface area contributed by atoms with Crippen molar-refractivity contribution in [3.05, 3.63) is 162 Å². The van der Waals surface area contributed by atoms with Crippen molar-refractivity contribution in [2.24, 2.45) is 5.92 Å². The Morgan fingerprint density at radius 1 is 0.583 bits per heavy atom. The molecule has 0 amide bonds. The average molecular weight is 617 g/mol. The highest BCUT2D eigenvalue weighted by atomic mass is 15.3. The van der Waals surface area contributed by atoms with Crippen LogP contribution in [0.15, 0.2) is 140 Å². The Bertz CT molecular complexity index is 2460. The van der Waals surface area contributed by atoms with Crippen LogP contribution in [0.3, 0.4) is 0 Å². The summed E-state index contributed by atoms with van der Waals surface area (Å²) in [6.45, 7) is 0. The third-order valence-electron chi connectivity index (χ3n) is 10.2. The van der Waals surface area contributed by atoms with Gasteiger partial charge in [-0.25, -0.2) is 14.6 Å². The van der Waals surface area contributed by atoms with E-state index in [1.54, 1.807) is 0 Å². The van der Waals surface area contributed by atoms with E-state index in [4.69, 9.17) is 15.1 Å². The molecule has 0 bridgehead atoms. The normalized spacial score (nSPS) is 17.2. The van der Waals surface area contributed by atoms with Crippen LogP contribution in [0, 0.1) is 5.92 Å². The molecule has 0 N–H and O–H groups in total. The van der Waals surface area contributed by atoms with E-state index >= 15 is 0 Å². The Hall–Kier alpha value is -5.87. The molecule has 0 radical (unpaired) electrons. The van der Waals surface area contributed by atoms with Gasteiger partial charge in [-0.2, -0.15) is 5.10 Å². The van der Waals surface area contributed by atoms with Crippen LogP contribution in [0.4, 0.5) is 0 Å². The van der Waals surface area contributed by atoms with Crippen LogP contribution in [-0.4, -0.2) is 19.7 Å². The molecule has 3 heterocycles. The van der Waals surface area contributed by atoms with Crippen molar-refractivity contribution < 1.29 is 0 Å². The Morgan fingerprint density at radius 2 is 1.38 bits per heavy atom. The maximum atomic E-state index is 5.22. The van der Waals surface area contributed by atoms with Crippen LogP contribution in [0.25, 0.3) is 67.7 Å². The second-order valence-electron chi connectivity index (χ2n) is 13.3. The van der Waals surface area contributed by atoms with E-state index < -0.39 is 0 Å². The number of aromatic nitrogens is 4. The van der Waals surface area contributed by atoms with Gasteiger partial charge in [0, 0.05) is 34.4 Å². The number of para-hydroxylation sites is 1. The number of fused-ring (bicyclic) bond motifs is 7. The summed E-state index contributed by atoms with van der Waals surface area (Å²) in [6.07, 6.45) is 12.3. The van der Waals surface area contributed by atoms with Gasteiger partial charge in [0.15, 0.2) is 5.82 Å². The molecule has 1 saturated carbocycles. The zero-order chi connectivity index (χ0) is 31.6. The summed E-state index contributed by atoms with van der Waals surface area (Å²) in [7, 11) is 0. The molecule has 228 valence electrons. The molecular formula is C44H32N4. The minimum absolute atomic E-state index is 0.629. The Morgan fingerprint density at radius 3 is 2.29 bits per heavy atom. The van der Waals surface area contributed by atoms with Gasteiger partial charge in [0.05, 0.1) is 22.8 Å². The van der Waals surface area contributed by atoms with Crippen LogP contribution >= 0.6 is 0 Å². The zero-order valence-corrected chi connectivity index (χ0v) is 26.4. The van der Waals surface area contributed by atoms with Crippen molar-refractivity contribution in [2.75, 3.05) is 0 Å². The third kappa shape index (κ3) is 4.72. The first kappa shape index (κ1) is 27.3. The van der Waals surface area contributed by atoms with E-state index in [1.807, 2.05) is 0 Å². The molecule has 10 rings (SSSR count). The fourth-order valence-electron chi connectivity index (χ4n) is 7.52. The summed E-state index contributed by atoms with van der Waals surface area (Å²) in [5.74, 6) is 2.04. The molecule has 4 nitrogen and oxygen atoms in total. The second-order valence-corrected chi connectivity index (χ2v) is 13.3. The highest BCUT2D eigenvalue weighted by molar-refractivity contribution is 5.87. The summed E-state index contributed by atoms with van der Waals surface area (Å²) in [6, 6.07) is 43.4. The molecule has 1 aliphatic heterocycles. The van der Waals surface area contributed by atoms with Crippen molar-refractivity contribution in [3.63, 3.8) is 0 Å². The lowest BCUT2D eigenvalue weighted by Crippen LogP contribution is -2.01. The lowest BCUT2D eigenvalue weighted by molar-refractivity contribution is 0.835. The zero-order valence-electron chi connectivity index (χ0n) is 26.4. The van der Waals surface area contributed by atoms with Crippen molar-refractivity contribution in [1.82, 2.24) is 19.7 Å². The average Bonchev–Trinajstić information content (AvgIpc) is 3.86. The molecule has 5 aromatic carbocycles. The van der Waals surface area contributed by atoms with E-state index in [0.717, 1.165) is 63.7 Å². The van der Waals surface area contributed by atoms with E-state index in [0.29, 0.717) is 11.8 Å². The summed E-state index contributed by atoms with van der Waals surface area (Å²) in [4.78, 5) is 10.4. The third-order valence-corrected chi connectivity index (χ3v) is 10.2. The van der Waals surface area contributed by atoms with Crippen LogP contribution in [0.1, 0.15) is 34.7 Å². The number of hydrogen-bond acceptors (Lipinski definition) is 3. The quantitative estimate of drug-likeness (QED) is 0.185. The van der Waals surface area contributed by atoms with Crippen molar-refractivity contribution in [2.45, 2.75) is 25.2 Å². The van der Waals surface area contributed by atoms with Gasteiger partial charge in [0.25, 0.3) is 0 Å². The minimum Gasteiger partial charge on any atom is -0.236 e. The van der Waals surface area contributed by atoms with E-state index in [9.17, 15) is 0 Å². The van der Waals surface area contributed by atoms with Crippen LogP contribution in [0.5, 0.6) is 0 Å². The molecule has 2 atom stereocenters. The van der Waals surface area contributed by atoms with Gasteiger partial charge in [-0.15, -0.1) is 0 Å². The SMILES string of the molecule is C1=CC2CC2c2cc(-c3cc(-c4cccc(-c5cc6n(n5)-c5ccccc5C=CC6)c4)nc(-c4ccc5ccccc5c4)n3)ccc2C1. The Labute approximate surface area is 279 Å². The predicted octanol–water partition coefficient (Wildman–Crippen LogP) is 10.3. The number of hydrogen-bond donors (Lipinski definition) is 0. The van der Waals surface area contributed by atoms with Gasteiger partial charge >= 0.3 is 0 Å². The van der Waals surface area contributed by atoms with Crippen LogP contribution < -0.4 is 0 Å². The molecule has 2 unspecified atom stereocenters. The molecule has 0 saturated heterocycles. The first-order valence-electron chi connectivity index (χ1n) is 16.9. The van der Waals surface area contributed by atoms with Gasteiger partial charge in [-0.1, -0.05) is 109 Å². The Balaban J connectivity index is 1.10. The van der Waals surface area contributed by atoms with Crippen LogP contribution in [0.2, 0.25) is 0 Å². The molecular weight excluding hydrogens is 585 g/mol. The molecule has 7 aromatic rings. The highest BCUT2D eigenvalue weighted by Gasteiger charge is 2.38. The standard InChI is InChI=1S/C44H32N4/c1-2-10-31-22-36(21-18-28(31)8-1)44-45-40(27-41(46-44)35-20-19-29-11-5-13-32-24-39(32)38(29)25-35)33-14-6-15-34(23-33)42-26-37-16-7-12-30-9-3-4-17-43(30)48(37)47-42/h1-10,12-15,17-23,25-27,32,39H,11,16,24H2. The largest absolute Gasteiger partial charge is 0.236 e.